The molecule has 3 N–H and O–H groups in total. The number of halogens is 3. The van der Waals surface area contributed by atoms with Gasteiger partial charge in [-0.25, -0.2) is 14.1 Å². The van der Waals surface area contributed by atoms with E-state index in [0.717, 1.165) is 31.6 Å². The molecule has 3 aromatic rings. The first-order valence-corrected chi connectivity index (χ1v) is 9.16. The fraction of sp³-hybridized carbons (Fsp3) is 0.444. The van der Waals surface area contributed by atoms with Crippen LogP contribution in [0.2, 0.25) is 0 Å². The van der Waals surface area contributed by atoms with Crippen molar-refractivity contribution < 1.29 is 9.18 Å². The summed E-state index contributed by atoms with van der Waals surface area (Å²) in [6.45, 7) is 4.19. The molecule has 2 aromatic heterocycles. The van der Waals surface area contributed by atoms with Gasteiger partial charge >= 0.3 is 0 Å². The van der Waals surface area contributed by atoms with E-state index in [-0.39, 0.29) is 42.6 Å². The third-order valence-electron chi connectivity index (χ3n) is 4.94. The van der Waals surface area contributed by atoms with Gasteiger partial charge in [0.15, 0.2) is 5.69 Å². The summed E-state index contributed by atoms with van der Waals surface area (Å²) in [4.78, 5) is 19.9. The molecule has 29 heavy (non-hydrogen) atoms. The van der Waals surface area contributed by atoms with Crippen LogP contribution in [0.25, 0.3) is 11.0 Å². The molecule has 11 heteroatoms. The first-order valence-electron chi connectivity index (χ1n) is 9.16. The number of amides is 1. The average Bonchev–Trinajstić information content (AvgIpc) is 3.25. The maximum Gasteiger partial charge on any atom is 0.273 e. The monoisotopic (exact) mass is 443 g/mol. The van der Waals surface area contributed by atoms with E-state index in [0.29, 0.717) is 35.5 Å². The Morgan fingerprint density at radius 2 is 2.07 bits per heavy atom. The van der Waals surface area contributed by atoms with Crippen molar-refractivity contribution in [1.29, 1.82) is 0 Å². The van der Waals surface area contributed by atoms with Gasteiger partial charge in [0.1, 0.15) is 11.6 Å². The van der Waals surface area contributed by atoms with Gasteiger partial charge in [-0.2, -0.15) is 0 Å². The highest BCUT2D eigenvalue weighted by Crippen LogP contribution is 2.20. The summed E-state index contributed by atoms with van der Waals surface area (Å²) in [6, 6.07) is 4.71. The summed E-state index contributed by atoms with van der Waals surface area (Å²) in [5.41, 5.74) is 2.51. The maximum absolute atomic E-state index is 13.2. The van der Waals surface area contributed by atoms with Crippen LogP contribution in [0.1, 0.15) is 40.9 Å². The standard InChI is InChI=1S/C18H22FN7O.2ClH/c1-11-17(24-25-26(11)13-4-7-20-8-5-13)18(27)21-9-6-16-22-14-3-2-12(19)10-15(14)23-16;;/h2-3,10,13,20H,4-9H2,1H3,(H,21,27)(H,22,23);2*1H. The number of hydrogen-bond acceptors (Lipinski definition) is 5. The van der Waals surface area contributed by atoms with Crippen molar-refractivity contribution in [1.82, 2.24) is 35.6 Å². The molecule has 158 valence electrons. The number of carbonyl (C=O) groups excluding carboxylic acids is 1. The highest BCUT2D eigenvalue weighted by Gasteiger charge is 2.22. The lowest BCUT2D eigenvalue weighted by atomic mass is 10.1. The maximum atomic E-state index is 13.2. The zero-order valence-corrected chi connectivity index (χ0v) is 17.6. The molecule has 0 radical (unpaired) electrons. The number of benzene rings is 1. The third-order valence-corrected chi connectivity index (χ3v) is 4.94. The van der Waals surface area contributed by atoms with E-state index in [2.05, 4.69) is 30.9 Å². The first-order chi connectivity index (χ1) is 13.1. The van der Waals surface area contributed by atoms with Crippen LogP contribution in [0.4, 0.5) is 4.39 Å². The molecule has 4 rings (SSSR count). The van der Waals surface area contributed by atoms with Crippen molar-refractivity contribution in [3.05, 3.63) is 41.2 Å². The van der Waals surface area contributed by atoms with E-state index < -0.39 is 0 Å². The highest BCUT2D eigenvalue weighted by molar-refractivity contribution is 5.93. The lowest BCUT2D eigenvalue weighted by Crippen LogP contribution is -2.30. The van der Waals surface area contributed by atoms with Crippen LogP contribution in [-0.2, 0) is 6.42 Å². The molecule has 1 aromatic carbocycles. The summed E-state index contributed by atoms with van der Waals surface area (Å²) < 4.78 is 15.1. The van der Waals surface area contributed by atoms with E-state index in [9.17, 15) is 9.18 Å². The van der Waals surface area contributed by atoms with Crippen LogP contribution in [0.3, 0.4) is 0 Å². The smallest absolute Gasteiger partial charge is 0.273 e. The van der Waals surface area contributed by atoms with Gasteiger partial charge in [-0.1, -0.05) is 5.21 Å². The van der Waals surface area contributed by atoms with Gasteiger partial charge in [-0.05, 0) is 51.1 Å². The van der Waals surface area contributed by atoms with Crippen LogP contribution < -0.4 is 10.6 Å². The van der Waals surface area contributed by atoms with E-state index in [1.807, 2.05) is 11.6 Å². The summed E-state index contributed by atoms with van der Waals surface area (Å²) in [5.74, 6) is 0.152. The molecule has 3 heterocycles. The molecule has 0 bridgehead atoms. The Balaban J connectivity index is 0.00000150. The summed E-state index contributed by atoms with van der Waals surface area (Å²) >= 11 is 0. The molecule has 1 aliphatic heterocycles. The number of nitrogens with one attached hydrogen (secondary N) is 3. The molecular formula is C18H24Cl2FN7O. The minimum absolute atomic E-state index is 0. The zero-order chi connectivity index (χ0) is 18.8. The quantitative estimate of drug-likeness (QED) is 0.561. The summed E-state index contributed by atoms with van der Waals surface area (Å²) in [5, 5.41) is 14.4. The minimum atomic E-state index is -0.307. The molecule has 0 spiro atoms. The Bertz CT molecular complexity index is 968. The lowest BCUT2D eigenvalue weighted by Gasteiger charge is -2.23. The van der Waals surface area contributed by atoms with Gasteiger partial charge in [-0.15, -0.1) is 29.9 Å². The Morgan fingerprint density at radius 3 is 2.83 bits per heavy atom. The number of imidazole rings is 1. The SMILES string of the molecule is Cc1c(C(=O)NCCc2nc3ccc(F)cc3[nH]2)nnn1C1CCNCC1.Cl.Cl. The van der Waals surface area contributed by atoms with E-state index in [1.54, 1.807) is 6.07 Å². The molecule has 0 aliphatic carbocycles. The van der Waals surface area contributed by atoms with Crippen LogP contribution in [-0.4, -0.2) is 50.5 Å². The molecule has 1 saturated heterocycles. The highest BCUT2D eigenvalue weighted by atomic mass is 35.5. The van der Waals surface area contributed by atoms with E-state index >= 15 is 0 Å². The number of aromatic amines is 1. The van der Waals surface area contributed by atoms with Crippen molar-refractivity contribution in [3.63, 3.8) is 0 Å². The van der Waals surface area contributed by atoms with Gasteiger partial charge in [-0.3, -0.25) is 4.79 Å². The van der Waals surface area contributed by atoms with Gasteiger partial charge < -0.3 is 15.6 Å². The van der Waals surface area contributed by atoms with E-state index in [1.165, 1.54) is 12.1 Å². The van der Waals surface area contributed by atoms with Gasteiger partial charge in [0, 0.05) is 13.0 Å². The normalized spacial score (nSPS) is 14.3. The fourth-order valence-electron chi connectivity index (χ4n) is 3.48. The fourth-order valence-corrected chi connectivity index (χ4v) is 3.48. The van der Waals surface area contributed by atoms with Crippen LogP contribution >= 0.6 is 24.8 Å². The van der Waals surface area contributed by atoms with Gasteiger partial charge in [0.05, 0.1) is 22.8 Å². The number of H-pyrrole nitrogens is 1. The molecule has 0 saturated carbocycles. The Labute approximate surface area is 179 Å². The topological polar surface area (TPSA) is 101 Å². The van der Waals surface area contributed by atoms with Crippen molar-refractivity contribution in [3.8, 4) is 0 Å². The lowest BCUT2D eigenvalue weighted by molar-refractivity contribution is 0.0948. The molecule has 1 fully saturated rings. The Hall–Kier alpha value is -2.23. The van der Waals surface area contributed by atoms with Crippen molar-refractivity contribution >= 4 is 41.8 Å². The number of aromatic nitrogens is 5. The van der Waals surface area contributed by atoms with Crippen molar-refractivity contribution in [2.45, 2.75) is 32.2 Å². The molecular weight excluding hydrogens is 420 g/mol. The second kappa shape index (κ2) is 10.00. The van der Waals surface area contributed by atoms with Crippen molar-refractivity contribution in [2.24, 2.45) is 0 Å². The summed E-state index contributed by atoms with van der Waals surface area (Å²) in [6.07, 6.45) is 2.49. The largest absolute Gasteiger partial charge is 0.350 e. The predicted octanol–water partition coefficient (Wildman–Crippen LogP) is 2.34. The average molecular weight is 444 g/mol. The van der Waals surface area contributed by atoms with Crippen molar-refractivity contribution in [2.75, 3.05) is 19.6 Å². The minimum Gasteiger partial charge on any atom is -0.350 e. The van der Waals surface area contributed by atoms with Crippen LogP contribution in [0, 0.1) is 12.7 Å². The van der Waals surface area contributed by atoms with E-state index in [4.69, 9.17) is 0 Å². The van der Waals surface area contributed by atoms with Gasteiger partial charge in [0.25, 0.3) is 5.91 Å². The second-order valence-corrected chi connectivity index (χ2v) is 6.80. The van der Waals surface area contributed by atoms with Gasteiger partial charge in [0.2, 0.25) is 0 Å². The van der Waals surface area contributed by atoms with Crippen LogP contribution in [0.5, 0.6) is 0 Å². The molecule has 8 nitrogen and oxygen atoms in total. The number of fused-ring (bicyclic) bond motifs is 1. The third kappa shape index (κ3) is 5.04. The predicted molar refractivity (Wildman–Crippen MR) is 112 cm³/mol. The number of nitrogens with zero attached hydrogens (tertiary/aromatic N) is 4. The Morgan fingerprint density at radius 1 is 1.31 bits per heavy atom. The zero-order valence-electron chi connectivity index (χ0n) is 15.9. The number of piperidine rings is 1. The number of carbonyl (C=O) groups is 1. The number of hydrogen-bond donors (Lipinski definition) is 3. The Kier molecular flexibility index (Phi) is 7.95. The number of rotatable bonds is 5. The molecule has 0 atom stereocenters. The molecule has 1 aliphatic rings. The van der Waals surface area contributed by atoms with Crippen LogP contribution in [0.15, 0.2) is 18.2 Å². The second-order valence-electron chi connectivity index (χ2n) is 6.80. The molecule has 0 unspecified atom stereocenters. The first kappa shape index (κ1) is 23.1. The summed E-state index contributed by atoms with van der Waals surface area (Å²) in [7, 11) is 0. The molecule has 1 amide bonds.